The highest BCUT2D eigenvalue weighted by atomic mass is 16.5. The summed E-state index contributed by atoms with van der Waals surface area (Å²) in [6, 6.07) is 0. The molecular formula is C9H16N2O2. The van der Waals surface area contributed by atoms with Crippen molar-refractivity contribution in [2.24, 2.45) is 11.8 Å². The largest absolute Gasteiger partial charge is 0.381 e. The SMILES string of the molecule is O=C(NCC1CCOC1)C1CNC1. The van der Waals surface area contributed by atoms with Crippen LogP contribution >= 0.6 is 0 Å². The van der Waals surface area contributed by atoms with Gasteiger partial charge >= 0.3 is 0 Å². The van der Waals surface area contributed by atoms with E-state index in [0.717, 1.165) is 39.3 Å². The molecule has 1 atom stereocenters. The van der Waals surface area contributed by atoms with Crippen molar-refractivity contribution in [2.45, 2.75) is 6.42 Å². The van der Waals surface area contributed by atoms with Crippen LogP contribution in [0.15, 0.2) is 0 Å². The van der Waals surface area contributed by atoms with Crippen molar-refractivity contribution >= 4 is 5.91 Å². The zero-order valence-corrected chi connectivity index (χ0v) is 7.71. The Morgan fingerprint density at radius 1 is 1.54 bits per heavy atom. The van der Waals surface area contributed by atoms with Crippen molar-refractivity contribution in [1.29, 1.82) is 0 Å². The molecule has 0 aromatic heterocycles. The predicted molar refractivity (Wildman–Crippen MR) is 48.3 cm³/mol. The smallest absolute Gasteiger partial charge is 0.225 e. The van der Waals surface area contributed by atoms with Gasteiger partial charge in [0.2, 0.25) is 5.91 Å². The molecule has 4 heteroatoms. The number of carbonyl (C=O) groups excluding carboxylic acids is 1. The Kier molecular flexibility index (Phi) is 2.80. The molecule has 0 radical (unpaired) electrons. The summed E-state index contributed by atoms with van der Waals surface area (Å²) in [7, 11) is 0. The second-order valence-corrected chi connectivity index (χ2v) is 3.83. The van der Waals surface area contributed by atoms with E-state index < -0.39 is 0 Å². The number of carbonyl (C=O) groups is 1. The lowest BCUT2D eigenvalue weighted by atomic mass is 10.0. The van der Waals surface area contributed by atoms with Crippen molar-refractivity contribution in [3.8, 4) is 0 Å². The van der Waals surface area contributed by atoms with Crippen molar-refractivity contribution in [3.63, 3.8) is 0 Å². The lowest BCUT2D eigenvalue weighted by molar-refractivity contribution is -0.126. The molecule has 13 heavy (non-hydrogen) atoms. The average molecular weight is 184 g/mol. The highest BCUT2D eigenvalue weighted by Crippen LogP contribution is 2.11. The molecule has 2 fully saturated rings. The second kappa shape index (κ2) is 4.07. The zero-order chi connectivity index (χ0) is 9.10. The number of hydrogen-bond donors (Lipinski definition) is 2. The Labute approximate surface area is 78.0 Å². The summed E-state index contributed by atoms with van der Waals surface area (Å²) in [4.78, 5) is 11.4. The van der Waals surface area contributed by atoms with E-state index in [0.29, 0.717) is 5.92 Å². The quantitative estimate of drug-likeness (QED) is 0.613. The van der Waals surface area contributed by atoms with Crippen LogP contribution in [-0.4, -0.2) is 38.8 Å². The van der Waals surface area contributed by atoms with Gasteiger partial charge < -0.3 is 15.4 Å². The van der Waals surface area contributed by atoms with Gasteiger partial charge in [-0.2, -0.15) is 0 Å². The Morgan fingerprint density at radius 3 is 2.92 bits per heavy atom. The third-order valence-corrected chi connectivity index (χ3v) is 2.74. The molecule has 74 valence electrons. The summed E-state index contributed by atoms with van der Waals surface area (Å²) in [5.41, 5.74) is 0. The second-order valence-electron chi connectivity index (χ2n) is 3.83. The molecule has 2 heterocycles. The number of amides is 1. The van der Waals surface area contributed by atoms with Gasteiger partial charge in [0.05, 0.1) is 12.5 Å². The van der Waals surface area contributed by atoms with E-state index in [1.807, 2.05) is 0 Å². The molecule has 2 N–H and O–H groups in total. The molecule has 2 aliphatic heterocycles. The number of ether oxygens (including phenoxy) is 1. The van der Waals surface area contributed by atoms with Crippen LogP contribution in [0.5, 0.6) is 0 Å². The van der Waals surface area contributed by atoms with Crippen LogP contribution in [0, 0.1) is 11.8 Å². The fraction of sp³-hybridized carbons (Fsp3) is 0.889. The minimum absolute atomic E-state index is 0.200. The highest BCUT2D eigenvalue weighted by Gasteiger charge is 2.25. The van der Waals surface area contributed by atoms with Gasteiger partial charge in [-0.15, -0.1) is 0 Å². The Hall–Kier alpha value is -0.610. The normalized spacial score (nSPS) is 28.5. The minimum Gasteiger partial charge on any atom is -0.381 e. The molecular weight excluding hydrogens is 168 g/mol. The Bertz CT molecular complexity index is 186. The Morgan fingerprint density at radius 2 is 2.38 bits per heavy atom. The van der Waals surface area contributed by atoms with Gasteiger partial charge in [-0.05, 0) is 6.42 Å². The average Bonchev–Trinajstić information content (AvgIpc) is 2.49. The molecule has 4 nitrogen and oxygen atoms in total. The highest BCUT2D eigenvalue weighted by molar-refractivity contribution is 5.79. The van der Waals surface area contributed by atoms with Crippen molar-refractivity contribution in [2.75, 3.05) is 32.8 Å². The summed E-state index contributed by atoms with van der Waals surface area (Å²) < 4.78 is 5.23. The molecule has 0 bridgehead atoms. The Balaban J connectivity index is 1.63. The minimum atomic E-state index is 0.200. The van der Waals surface area contributed by atoms with Crippen LogP contribution in [0.25, 0.3) is 0 Å². The van der Waals surface area contributed by atoms with Crippen LogP contribution in [0.3, 0.4) is 0 Å². The first-order valence-electron chi connectivity index (χ1n) is 4.92. The van der Waals surface area contributed by atoms with Crippen LogP contribution in [0.4, 0.5) is 0 Å². The molecule has 1 unspecified atom stereocenters. The standard InChI is InChI=1S/C9H16N2O2/c12-9(8-4-10-5-8)11-3-7-1-2-13-6-7/h7-8,10H,1-6H2,(H,11,12). The first kappa shape index (κ1) is 8.97. The van der Waals surface area contributed by atoms with Gasteiger partial charge in [0, 0.05) is 32.2 Å². The molecule has 1 amide bonds. The molecule has 0 aliphatic carbocycles. The molecule has 0 aromatic carbocycles. The van der Waals surface area contributed by atoms with Crippen LogP contribution < -0.4 is 10.6 Å². The van der Waals surface area contributed by atoms with Gasteiger partial charge in [-0.3, -0.25) is 4.79 Å². The maximum absolute atomic E-state index is 11.4. The molecule has 0 aromatic rings. The molecule has 0 spiro atoms. The van der Waals surface area contributed by atoms with Gasteiger partial charge in [-0.25, -0.2) is 0 Å². The molecule has 2 rings (SSSR count). The summed E-state index contributed by atoms with van der Waals surface area (Å²) in [6.45, 7) is 4.13. The van der Waals surface area contributed by atoms with Crippen LogP contribution in [-0.2, 0) is 9.53 Å². The van der Waals surface area contributed by atoms with E-state index in [1.165, 1.54) is 0 Å². The van der Waals surface area contributed by atoms with Crippen molar-refractivity contribution in [1.82, 2.24) is 10.6 Å². The fourth-order valence-electron chi connectivity index (χ4n) is 1.61. The number of nitrogens with one attached hydrogen (secondary N) is 2. The van der Waals surface area contributed by atoms with Gasteiger partial charge in [0.1, 0.15) is 0 Å². The maximum Gasteiger partial charge on any atom is 0.225 e. The summed E-state index contributed by atoms with van der Waals surface area (Å²) in [5, 5.41) is 6.05. The third-order valence-electron chi connectivity index (χ3n) is 2.74. The lowest BCUT2D eigenvalue weighted by Gasteiger charge is -2.26. The van der Waals surface area contributed by atoms with Gasteiger partial charge in [-0.1, -0.05) is 0 Å². The molecule has 2 aliphatic rings. The zero-order valence-electron chi connectivity index (χ0n) is 7.71. The van der Waals surface area contributed by atoms with Gasteiger partial charge in [0.15, 0.2) is 0 Å². The third kappa shape index (κ3) is 2.19. The lowest BCUT2D eigenvalue weighted by Crippen LogP contribution is -2.51. The van der Waals surface area contributed by atoms with Gasteiger partial charge in [0.25, 0.3) is 0 Å². The van der Waals surface area contributed by atoms with E-state index in [2.05, 4.69) is 10.6 Å². The van der Waals surface area contributed by atoms with Crippen LogP contribution in [0.2, 0.25) is 0 Å². The maximum atomic E-state index is 11.4. The van der Waals surface area contributed by atoms with Crippen LogP contribution in [0.1, 0.15) is 6.42 Å². The number of hydrogen-bond acceptors (Lipinski definition) is 3. The molecule has 2 saturated heterocycles. The van der Waals surface area contributed by atoms with E-state index in [9.17, 15) is 4.79 Å². The summed E-state index contributed by atoms with van der Waals surface area (Å²) in [5.74, 6) is 0.949. The van der Waals surface area contributed by atoms with E-state index in [-0.39, 0.29) is 11.8 Å². The van der Waals surface area contributed by atoms with E-state index in [1.54, 1.807) is 0 Å². The van der Waals surface area contributed by atoms with Crippen molar-refractivity contribution in [3.05, 3.63) is 0 Å². The summed E-state index contributed by atoms with van der Waals surface area (Å²) >= 11 is 0. The first-order chi connectivity index (χ1) is 6.36. The van der Waals surface area contributed by atoms with E-state index in [4.69, 9.17) is 4.74 Å². The number of rotatable bonds is 3. The van der Waals surface area contributed by atoms with Crippen molar-refractivity contribution < 1.29 is 9.53 Å². The predicted octanol–water partition coefficient (Wildman–Crippen LogP) is -0.641. The fourth-order valence-corrected chi connectivity index (χ4v) is 1.61. The topological polar surface area (TPSA) is 50.4 Å². The first-order valence-corrected chi connectivity index (χ1v) is 4.92. The monoisotopic (exact) mass is 184 g/mol. The summed E-state index contributed by atoms with van der Waals surface area (Å²) in [6.07, 6.45) is 1.09. The van der Waals surface area contributed by atoms with E-state index >= 15 is 0 Å². The molecule has 0 saturated carbocycles.